The number of benzene rings is 1. The smallest absolute Gasteiger partial charge is 0.412 e. The fraction of sp³-hybridized carbons (Fsp3) is 0.375. The Bertz CT molecular complexity index is 957. The van der Waals surface area contributed by atoms with E-state index in [4.69, 9.17) is 13.9 Å². The number of methoxy groups -OCH3 is 1. The van der Waals surface area contributed by atoms with Crippen LogP contribution in [0, 0.1) is 0 Å². The molecule has 7 heteroatoms. The van der Waals surface area contributed by atoms with Crippen molar-refractivity contribution in [1.29, 1.82) is 0 Å². The van der Waals surface area contributed by atoms with E-state index in [1.54, 1.807) is 43.9 Å². The summed E-state index contributed by atoms with van der Waals surface area (Å²) in [6.45, 7) is 2.81. The Hall–Kier alpha value is -3.35. The van der Waals surface area contributed by atoms with Gasteiger partial charge >= 0.3 is 6.09 Å². The fourth-order valence-corrected chi connectivity index (χ4v) is 3.29. The van der Waals surface area contributed by atoms with E-state index in [9.17, 15) is 4.79 Å². The zero-order valence-corrected chi connectivity index (χ0v) is 18.1. The molecular weight excluding hydrogens is 394 g/mol. The number of oxazole rings is 1. The minimum Gasteiger partial charge on any atom is -0.496 e. The molecule has 2 heterocycles. The zero-order chi connectivity index (χ0) is 21.9. The van der Waals surface area contributed by atoms with Gasteiger partial charge in [0.05, 0.1) is 18.9 Å². The average Bonchev–Trinajstić information content (AvgIpc) is 3.34. The van der Waals surface area contributed by atoms with E-state index >= 15 is 0 Å². The fourth-order valence-electron chi connectivity index (χ4n) is 3.29. The molecule has 1 aromatic carbocycles. The van der Waals surface area contributed by atoms with E-state index in [0.29, 0.717) is 23.9 Å². The van der Waals surface area contributed by atoms with Crippen molar-refractivity contribution in [2.45, 2.75) is 45.4 Å². The standard InChI is InChI=1S/C24H29N3O4/c1-3-4-5-6-7-8-11-27-24(28)31-20-9-10-22(29-2)21(15-20)18-14-19(17-25-16-18)23-26-12-13-30-23/h9-10,12-17H,3-8,11H2,1-2H3,(H,27,28). The molecule has 0 saturated carbocycles. The van der Waals surface area contributed by atoms with Crippen LogP contribution in [-0.4, -0.2) is 29.7 Å². The molecule has 3 aromatic rings. The van der Waals surface area contributed by atoms with Crippen LogP contribution in [0.2, 0.25) is 0 Å². The van der Waals surface area contributed by atoms with Crippen molar-refractivity contribution in [1.82, 2.24) is 15.3 Å². The molecule has 0 atom stereocenters. The van der Waals surface area contributed by atoms with E-state index in [2.05, 4.69) is 22.2 Å². The van der Waals surface area contributed by atoms with Crippen LogP contribution in [0.25, 0.3) is 22.6 Å². The second-order valence-electron chi connectivity index (χ2n) is 7.25. The lowest BCUT2D eigenvalue weighted by atomic mass is 10.0. The van der Waals surface area contributed by atoms with Gasteiger partial charge in [0, 0.05) is 30.1 Å². The summed E-state index contributed by atoms with van der Waals surface area (Å²) in [6, 6.07) is 7.14. The lowest BCUT2D eigenvalue weighted by molar-refractivity contribution is 0.200. The molecule has 164 valence electrons. The number of aromatic nitrogens is 2. The van der Waals surface area contributed by atoms with Gasteiger partial charge in [0.15, 0.2) is 0 Å². The highest BCUT2D eigenvalue weighted by Crippen LogP contribution is 2.34. The first kappa shape index (κ1) is 22.3. The van der Waals surface area contributed by atoms with E-state index in [1.165, 1.54) is 31.9 Å². The SMILES string of the molecule is CCCCCCCCNC(=O)Oc1ccc(OC)c(-c2cncc(-c3ncco3)c2)c1. The maximum absolute atomic E-state index is 12.2. The van der Waals surface area contributed by atoms with Crippen LogP contribution >= 0.6 is 0 Å². The summed E-state index contributed by atoms with van der Waals surface area (Å²) in [5.41, 5.74) is 2.29. The van der Waals surface area contributed by atoms with Crippen molar-refractivity contribution >= 4 is 6.09 Å². The van der Waals surface area contributed by atoms with Crippen molar-refractivity contribution in [3.05, 3.63) is 49.1 Å². The normalized spacial score (nSPS) is 10.6. The van der Waals surface area contributed by atoms with Gasteiger partial charge in [0.1, 0.15) is 17.8 Å². The van der Waals surface area contributed by atoms with Crippen molar-refractivity contribution in [3.8, 4) is 34.1 Å². The molecule has 2 aromatic heterocycles. The zero-order valence-electron chi connectivity index (χ0n) is 18.1. The first-order valence-electron chi connectivity index (χ1n) is 10.7. The van der Waals surface area contributed by atoms with Crippen LogP contribution in [0.15, 0.2) is 53.5 Å². The van der Waals surface area contributed by atoms with Gasteiger partial charge in [-0.1, -0.05) is 39.0 Å². The van der Waals surface area contributed by atoms with Gasteiger partial charge in [-0.2, -0.15) is 0 Å². The quantitative estimate of drug-likeness (QED) is 0.389. The lowest BCUT2D eigenvalue weighted by Crippen LogP contribution is -2.27. The minimum absolute atomic E-state index is 0.428. The number of nitrogens with one attached hydrogen (secondary N) is 1. The van der Waals surface area contributed by atoms with Gasteiger partial charge in [-0.3, -0.25) is 4.98 Å². The van der Waals surface area contributed by atoms with Gasteiger partial charge < -0.3 is 19.2 Å². The first-order valence-corrected chi connectivity index (χ1v) is 10.7. The van der Waals surface area contributed by atoms with Crippen LogP contribution in [0.4, 0.5) is 4.79 Å². The van der Waals surface area contributed by atoms with Crippen molar-refractivity contribution < 1.29 is 18.7 Å². The van der Waals surface area contributed by atoms with Crippen LogP contribution in [0.5, 0.6) is 11.5 Å². The maximum atomic E-state index is 12.2. The Labute approximate surface area is 182 Å². The topological polar surface area (TPSA) is 86.5 Å². The molecule has 0 aliphatic carbocycles. The number of unbranched alkanes of at least 4 members (excludes halogenated alkanes) is 5. The number of amides is 1. The molecule has 1 N–H and O–H groups in total. The second-order valence-corrected chi connectivity index (χ2v) is 7.25. The van der Waals surface area contributed by atoms with Gasteiger partial charge in [0.2, 0.25) is 5.89 Å². The third-order valence-electron chi connectivity index (χ3n) is 4.91. The number of carbonyl (C=O) groups excluding carboxylic acids is 1. The third-order valence-corrected chi connectivity index (χ3v) is 4.91. The summed E-state index contributed by atoms with van der Waals surface area (Å²) in [5, 5.41) is 2.81. The Morgan fingerprint density at radius 2 is 1.87 bits per heavy atom. The highest BCUT2D eigenvalue weighted by atomic mass is 16.6. The number of pyridine rings is 1. The molecule has 0 bridgehead atoms. The summed E-state index contributed by atoms with van der Waals surface area (Å²) >= 11 is 0. The Kier molecular flexibility index (Phi) is 8.46. The van der Waals surface area contributed by atoms with Gasteiger partial charge in [-0.25, -0.2) is 9.78 Å². The summed E-state index contributed by atoms with van der Waals surface area (Å²) in [6.07, 6.45) is 13.0. The number of ether oxygens (including phenoxy) is 2. The molecule has 1 amide bonds. The number of nitrogens with zero attached hydrogens (tertiary/aromatic N) is 2. The molecule has 0 aliphatic rings. The predicted molar refractivity (Wildman–Crippen MR) is 119 cm³/mol. The average molecular weight is 424 g/mol. The van der Waals surface area contributed by atoms with Gasteiger partial charge in [-0.15, -0.1) is 0 Å². The number of hydrogen-bond acceptors (Lipinski definition) is 6. The molecule has 7 nitrogen and oxygen atoms in total. The van der Waals surface area contributed by atoms with Crippen LogP contribution < -0.4 is 14.8 Å². The molecule has 0 fully saturated rings. The first-order chi connectivity index (χ1) is 15.2. The van der Waals surface area contributed by atoms with E-state index in [1.807, 2.05) is 6.07 Å². The molecule has 0 saturated heterocycles. The lowest BCUT2D eigenvalue weighted by Gasteiger charge is -2.12. The highest BCUT2D eigenvalue weighted by molar-refractivity contribution is 5.76. The highest BCUT2D eigenvalue weighted by Gasteiger charge is 2.13. The number of rotatable bonds is 11. The monoisotopic (exact) mass is 423 g/mol. The summed E-state index contributed by atoms with van der Waals surface area (Å²) in [7, 11) is 1.60. The number of carbonyl (C=O) groups is 1. The molecule has 0 radical (unpaired) electrons. The maximum Gasteiger partial charge on any atom is 0.412 e. The van der Waals surface area contributed by atoms with E-state index in [0.717, 1.165) is 29.5 Å². The molecule has 0 aliphatic heterocycles. The Morgan fingerprint density at radius 1 is 1.06 bits per heavy atom. The summed E-state index contributed by atoms with van der Waals surface area (Å²) < 4.78 is 16.3. The van der Waals surface area contributed by atoms with Crippen LogP contribution in [0.3, 0.4) is 0 Å². The third kappa shape index (κ3) is 6.57. The summed E-state index contributed by atoms with van der Waals surface area (Å²) in [4.78, 5) is 20.6. The van der Waals surface area contributed by atoms with E-state index in [-0.39, 0.29) is 0 Å². The molecule has 3 rings (SSSR count). The Morgan fingerprint density at radius 3 is 2.65 bits per heavy atom. The second kappa shape index (κ2) is 11.7. The molecule has 0 spiro atoms. The summed E-state index contributed by atoms with van der Waals surface area (Å²) in [5.74, 6) is 1.55. The molecular formula is C24H29N3O4. The van der Waals surface area contributed by atoms with Crippen molar-refractivity contribution in [3.63, 3.8) is 0 Å². The predicted octanol–water partition coefficient (Wildman–Crippen LogP) is 5.86. The van der Waals surface area contributed by atoms with E-state index < -0.39 is 6.09 Å². The van der Waals surface area contributed by atoms with Gasteiger partial charge in [-0.05, 0) is 30.7 Å². The largest absolute Gasteiger partial charge is 0.496 e. The number of hydrogen-bond donors (Lipinski definition) is 1. The van der Waals surface area contributed by atoms with Crippen molar-refractivity contribution in [2.75, 3.05) is 13.7 Å². The molecule has 31 heavy (non-hydrogen) atoms. The van der Waals surface area contributed by atoms with Crippen LogP contribution in [-0.2, 0) is 0 Å². The van der Waals surface area contributed by atoms with Crippen LogP contribution in [0.1, 0.15) is 45.4 Å². The molecule has 0 unspecified atom stereocenters. The van der Waals surface area contributed by atoms with Crippen molar-refractivity contribution in [2.24, 2.45) is 0 Å². The van der Waals surface area contributed by atoms with Gasteiger partial charge in [0.25, 0.3) is 0 Å². The minimum atomic E-state index is -0.462. The Balaban J connectivity index is 1.63.